The third kappa shape index (κ3) is 9.18. The molecule has 0 radical (unpaired) electrons. The highest BCUT2D eigenvalue weighted by Crippen LogP contribution is 2.41. The molecule has 4 nitrogen and oxygen atoms in total. The molecule has 0 unspecified atom stereocenters. The molecule has 4 heteroatoms. The number of furan rings is 2. The largest absolute Gasteiger partial charge is 0.454 e. The van der Waals surface area contributed by atoms with Crippen LogP contribution < -0.4 is 9.80 Å². The summed E-state index contributed by atoms with van der Waals surface area (Å²) in [5.41, 5.74) is 14.8. The molecule has 336 valence electrons. The van der Waals surface area contributed by atoms with Crippen LogP contribution in [0.25, 0.3) is 72.2 Å². The minimum atomic E-state index is 0.821. The average molecular weight is 903 g/mol. The Morgan fingerprint density at radius 1 is 0.429 bits per heavy atom. The molecule has 0 saturated heterocycles. The van der Waals surface area contributed by atoms with E-state index in [1.54, 1.807) is 6.08 Å². The van der Waals surface area contributed by atoms with Crippen molar-refractivity contribution in [2.45, 2.75) is 0 Å². The number of hydrogen-bond donors (Lipinski definition) is 0. The van der Waals surface area contributed by atoms with Crippen molar-refractivity contribution >= 4 is 72.7 Å². The zero-order valence-corrected chi connectivity index (χ0v) is 38.7. The first-order valence-corrected chi connectivity index (χ1v) is 23.3. The van der Waals surface area contributed by atoms with Crippen molar-refractivity contribution in [2.75, 3.05) is 9.80 Å². The molecule has 0 bridgehead atoms. The van der Waals surface area contributed by atoms with Crippen LogP contribution >= 0.6 is 0 Å². The van der Waals surface area contributed by atoms with Gasteiger partial charge in [-0.25, -0.2) is 0 Å². The van der Waals surface area contributed by atoms with E-state index in [-0.39, 0.29) is 0 Å². The minimum Gasteiger partial charge on any atom is -0.454 e. The summed E-state index contributed by atoms with van der Waals surface area (Å²) in [5.74, 6) is 0. The maximum atomic E-state index is 6.47. The highest BCUT2D eigenvalue weighted by atomic mass is 16.3. The van der Waals surface area contributed by atoms with Crippen molar-refractivity contribution in [3.8, 4) is 22.3 Å². The fourth-order valence-corrected chi connectivity index (χ4v) is 8.93. The van der Waals surface area contributed by atoms with Gasteiger partial charge in [0, 0.05) is 44.8 Å². The Balaban J connectivity index is 0.874. The van der Waals surface area contributed by atoms with E-state index in [1.165, 1.54) is 0 Å². The molecule has 0 atom stereocenters. The number of rotatable bonds is 16. The van der Waals surface area contributed by atoms with Gasteiger partial charge >= 0.3 is 0 Å². The lowest BCUT2D eigenvalue weighted by molar-refractivity contribution is 0.668. The maximum absolute atomic E-state index is 6.47. The fraction of sp³-hybridized carbons (Fsp3) is 0. The smallest absolute Gasteiger partial charge is 0.159 e. The summed E-state index contributed by atoms with van der Waals surface area (Å²) in [6.45, 7) is 12.2. The molecule has 0 N–H and O–H groups in total. The third-order valence-electron chi connectivity index (χ3n) is 12.3. The van der Waals surface area contributed by atoms with Crippen molar-refractivity contribution in [1.82, 2.24) is 0 Å². The molecular formula is C66H50N2O2. The number of nitrogens with zero attached hydrogens (tertiary/aromatic N) is 2. The number of para-hydroxylation sites is 5. The Morgan fingerprint density at radius 3 is 1.69 bits per heavy atom. The number of benzene rings is 8. The molecule has 0 fully saturated rings. The van der Waals surface area contributed by atoms with Crippen LogP contribution in [0, 0.1) is 0 Å². The Hall–Kier alpha value is -9.38. The van der Waals surface area contributed by atoms with Gasteiger partial charge in [0.2, 0.25) is 0 Å². The van der Waals surface area contributed by atoms with Gasteiger partial charge in [0.25, 0.3) is 0 Å². The normalized spacial score (nSPS) is 12.4. The molecule has 8 aromatic carbocycles. The molecule has 10 rings (SSSR count). The quantitative estimate of drug-likeness (QED) is 0.0905. The standard InChI is InChI=1S/C66H50N2O2/c1-4-7-8-18-47-67(61-35-21-33-59-57-31-14-16-37-63(57)69-65(59)61)54-45-43-50(44-46-54)49-39-41-52(42-40-49)56-30-13-12-25-51(56)26-19-23-48(5-2)24-20-29-53(6-3)68(55-27-10-9-11-28-55)62-36-22-34-60-58-32-15-17-38-64(58)70-66(60)62/h4-47H,1-3H2/b8-7-,24-20+,26-19+,47-18+,48-23+,53-29+. The van der Waals surface area contributed by atoms with Gasteiger partial charge < -0.3 is 18.6 Å². The van der Waals surface area contributed by atoms with E-state index in [1.807, 2.05) is 91.1 Å². The van der Waals surface area contributed by atoms with Crippen LogP contribution in [-0.4, -0.2) is 0 Å². The van der Waals surface area contributed by atoms with Crippen molar-refractivity contribution in [1.29, 1.82) is 0 Å². The van der Waals surface area contributed by atoms with E-state index in [0.717, 1.165) is 106 Å². The van der Waals surface area contributed by atoms with Crippen molar-refractivity contribution in [2.24, 2.45) is 0 Å². The molecule has 0 amide bonds. The summed E-state index contributed by atoms with van der Waals surface area (Å²) in [6.07, 6.45) is 25.9. The Bertz CT molecular complexity index is 3700. The monoisotopic (exact) mass is 902 g/mol. The van der Waals surface area contributed by atoms with Crippen LogP contribution in [-0.2, 0) is 0 Å². The third-order valence-corrected chi connectivity index (χ3v) is 12.3. The Labute approximate surface area is 409 Å². The second kappa shape index (κ2) is 20.6. The molecule has 0 aliphatic carbocycles. The summed E-state index contributed by atoms with van der Waals surface area (Å²) in [4.78, 5) is 4.35. The van der Waals surface area contributed by atoms with Crippen LogP contribution in [0.4, 0.5) is 22.7 Å². The predicted octanol–water partition coefficient (Wildman–Crippen LogP) is 18.8. The van der Waals surface area contributed by atoms with Crippen LogP contribution in [0.2, 0.25) is 0 Å². The minimum absolute atomic E-state index is 0.821. The highest BCUT2D eigenvalue weighted by Gasteiger charge is 2.20. The highest BCUT2D eigenvalue weighted by molar-refractivity contribution is 6.11. The predicted molar refractivity (Wildman–Crippen MR) is 299 cm³/mol. The number of hydrogen-bond acceptors (Lipinski definition) is 4. The number of fused-ring (bicyclic) bond motifs is 6. The van der Waals surface area contributed by atoms with Gasteiger partial charge in [-0.15, -0.1) is 0 Å². The zero-order chi connectivity index (χ0) is 47.7. The zero-order valence-electron chi connectivity index (χ0n) is 38.7. The van der Waals surface area contributed by atoms with Gasteiger partial charge in [-0.1, -0.05) is 214 Å². The lowest BCUT2D eigenvalue weighted by Crippen LogP contribution is -2.15. The first-order valence-electron chi connectivity index (χ1n) is 23.3. The molecule has 0 spiro atoms. The van der Waals surface area contributed by atoms with Gasteiger partial charge in [0.1, 0.15) is 11.2 Å². The Morgan fingerprint density at radius 2 is 1.01 bits per heavy atom. The summed E-state index contributed by atoms with van der Waals surface area (Å²) in [7, 11) is 0. The molecule has 70 heavy (non-hydrogen) atoms. The topological polar surface area (TPSA) is 32.8 Å². The van der Waals surface area contributed by atoms with Gasteiger partial charge in [-0.05, 0) is 100 Å². The summed E-state index contributed by atoms with van der Waals surface area (Å²) in [5, 5.41) is 4.34. The second-order valence-electron chi connectivity index (χ2n) is 16.6. The second-order valence-corrected chi connectivity index (χ2v) is 16.6. The Kier molecular flexibility index (Phi) is 13.1. The molecular weight excluding hydrogens is 853 g/mol. The van der Waals surface area contributed by atoms with E-state index in [4.69, 9.17) is 8.83 Å². The van der Waals surface area contributed by atoms with Crippen molar-refractivity contribution in [3.05, 3.63) is 298 Å². The van der Waals surface area contributed by atoms with Gasteiger partial charge in [0.15, 0.2) is 11.2 Å². The summed E-state index contributed by atoms with van der Waals surface area (Å²) < 4.78 is 12.9. The van der Waals surface area contributed by atoms with Crippen molar-refractivity contribution < 1.29 is 8.83 Å². The van der Waals surface area contributed by atoms with Crippen molar-refractivity contribution in [3.63, 3.8) is 0 Å². The van der Waals surface area contributed by atoms with Crippen LogP contribution in [0.3, 0.4) is 0 Å². The molecule has 0 saturated carbocycles. The van der Waals surface area contributed by atoms with Crippen LogP contribution in [0.15, 0.2) is 301 Å². The van der Waals surface area contributed by atoms with Gasteiger partial charge in [-0.2, -0.15) is 0 Å². The summed E-state index contributed by atoms with van der Waals surface area (Å²) in [6, 6.07) is 65.1. The van der Waals surface area contributed by atoms with E-state index in [9.17, 15) is 0 Å². The first-order chi connectivity index (χ1) is 34.6. The molecule has 0 aliphatic rings. The van der Waals surface area contributed by atoms with Gasteiger partial charge in [-0.3, -0.25) is 0 Å². The fourth-order valence-electron chi connectivity index (χ4n) is 8.93. The first kappa shape index (κ1) is 44.5. The number of allylic oxidation sites excluding steroid dienone is 12. The lowest BCUT2D eigenvalue weighted by Gasteiger charge is -2.26. The lowest BCUT2D eigenvalue weighted by atomic mass is 9.96. The summed E-state index contributed by atoms with van der Waals surface area (Å²) >= 11 is 0. The molecule has 2 heterocycles. The van der Waals surface area contributed by atoms with Crippen LogP contribution in [0.1, 0.15) is 5.56 Å². The van der Waals surface area contributed by atoms with E-state index in [2.05, 4.69) is 200 Å². The maximum Gasteiger partial charge on any atom is 0.159 e. The SMILES string of the molecule is C=C/C=C\C=C\N(c1ccc(-c2ccc(-c3ccccc3/C=C/C=C(C=C)/C=C/C=C(\C=C)N(c3ccccc3)c3cccc4c3oc3ccccc34)cc2)cc1)c1cccc2c1oc1ccccc12. The van der Waals surface area contributed by atoms with E-state index in [0.29, 0.717) is 0 Å². The van der Waals surface area contributed by atoms with Crippen LogP contribution in [0.5, 0.6) is 0 Å². The average Bonchev–Trinajstić information content (AvgIpc) is 4.00. The molecule has 0 aliphatic heterocycles. The molecule has 2 aromatic heterocycles. The van der Waals surface area contributed by atoms with Gasteiger partial charge in [0.05, 0.1) is 11.4 Å². The molecule has 10 aromatic rings. The van der Waals surface area contributed by atoms with E-state index >= 15 is 0 Å². The number of anilines is 4. The van der Waals surface area contributed by atoms with E-state index < -0.39 is 0 Å².